The van der Waals surface area contributed by atoms with Crippen molar-refractivity contribution in [2.75, 3.05) is 70.0 Å². The summed E-state index contributed by atoms with van der Waals surface area (Å²) in [5.41, 5.74) is 14.9. The van der Waals surface area contributed by atoms with Crippen molar-refractivity contribution in [3.63, 3.8) is 0 Å². The lowest BCUT2D eigenvalue weighted by Gasteiger charge is -2.30. The van der Waals surface area contributed by atoms with Crippen LogP contribution < -0.4 is 26.8 Å². The van der Waals surface area contributed by atoms with Crippen LogP contribution in [0.25, 0.3) is 0 Å². The van der Waals surface area contributed by atoms with E-state index >= 15 is 0 Å². The van der Waals surface area contributed by atoms with Crippen molar-refractivity contribution in [1.82, 2.24) is 0 Å². The van der Waals surface area contributed by atoms with Crippen molar-refractivity contribution in [3.8, 4) is 0 Å². The van der Waals surface area contributed by atoms with Crippen molar-refractivity contribution >= 4 is 46.9 Å². The molecule has 0 aliphatic rings. The van der Waals surface area contributed by atoms with Gasteiger partial charge in [0.25, 0.3) is 0 Å². The molecule has 0 aliphatic carbocycles. The van der Waals surface area contributed by atoms with Crippen LogP contribution in [0, 0.1) is 0 Å². The van der Waals surface area contributed by atoms with Crippen LogP contribution in [-0.2, 0) is 25.7 Å². The van der Waals surface area contributed by atoms with Gasteiger partial charge in [-0.25, -0.2) is 14.4 Å². The molecule has 1 aromatic rings. The number of quaternary nitrogens is 1. The van der Waals surface area contributed by atoms with Gasteiger partial charge in [0.05, 0.1) is 38.6 Å². The van der Waals surface area contributed by atoms with E-state index in [2.05, 4.69) is 49.6 Å². The van der Waals surface area contributed by atoms with Crippen LogP contribution in [0.4, 0.5) is 64.1 Å². The first-order valence-electron chi connectivity index (χ1n) is 13.8. The summed E-state index contributed by atoms with van der Waals surface area (Å²) in [5.74, 6) is -10.7. The second kappa shape index (κ2) is 25.1. The predicted octanol–water partition coefficient (Wildman–Crippen LogP) is 3.25. The summed E-state index contributed by atoms with van der Waals surface area (Å²) < 4.78 is 128. The zero-order valence-electron chi connectivity index (χ0n) is 27.4. The molecule has 8 N–H and O–H groups in total. The van der Waals surface area contributed by atoms with Gasteiger partial charge in [-0.3, -0.25) is 0 Å². The van der Waals surface area contributed by atoms with Gasteiger partial charge in [0, 0.05) is 45.4 Å². The molecule has 0 unspecified atom stereocenters. The Hall–Kier alpha value is -3.97. The number of anilines is 2. The van der Waals surface area contributed by atoms with Crippen LogP contribution in [0.3, 0.4) is 0 Å². The van der Waals surface area contributed by atoms with Gasteiger partial charge < -0.3 is 51.4 Å². The molecule has 0 saturated heterocycles. The lowest BCUT2D eigenvalue weighted by Crippen LogP contribution is -2.42. The number of aliphatic carboxylic acids is 4. The molecular formula is C26H38ClF12N5O8. The summed E-state index contributed by atoms with van der Waals surface area (Å²) in [6, 6.07) is 6.35. The maximum atomic E-state index is 10.6. The molecule has 0 spiro atoms. The molecule has 0 fully saturated rings. The Morgan fingerprint density at radius 3 is 1.44 bits per heavy atom. The topological polar surface area (TPSA) is 219 Å². The first-order chi connectivity index (χ1) is 23.2. The molecule has 0 saturated carbocycles. The second-order valence-corrected chi connectivity index (χ2v) is 10.5. The Morgan fingerprint density at radius 1 is 0.788 bits per heavy atom. The third kappa shape index (κ3) is 30.8. The van der Waals surface area contributed by atoms with Gasteiger partial charge in [0.15, 0.2) is 0 Å². The highest BCUT2D eigenvalue weighted by Crippen LogP contribution is 2.26. The van der Waals surface area contributed by atoms with Crippen molar-refractivity contribution < 1.29 is 96.8 Å². The number of nitrogens with one attached hydrogen (secondary N) is 1. The number of halogens is 13. The largest absolute Gasteiger partial charge is 0.542 e. The minimum Gasteiger partial charge on any atom is -0.542 e. The summed E-state index contributed by atoms with van der Waals surface area (Å²) in [6.07, 6.45) is -18.3. The molecule has 0 amide bonds. The summed E-state index contributed by atoms with van der Waals surface area (Å²) in [6.45, 7) is 5.35. The second-order valence-electron chi connectivity index (χ2n) is 10.2. The number of rotatable bonds is 12. The lowest BCUT2D eigenvalue weighted by atomic mass is 10.1. The molecule has 0 heterocycles. The lowest BCUT2D eigenvalue weighted by molar-refractivity contribution is -0.890. The Morgan fingerprint density at radius 2 is 1.15 bits per heavy atom. The van der Waals surface area contributed by atoms with Crippen molar-refractivity contribution in [2.24, 2.45) is 11.5 Å². The maximum absolute atomic E-state index is 10.6. The molecule has 52 heavy (non-hydrogen) atoms. The predicted molar refractivity (Wildman–Crippen MR) is 159 cm³/mol. The van der Waals surface area contributed by atoms with Crippen LogP contribution in [-0.4, -0.2) is 128 Å². The van der Waals surface area contributed by atoms with Crippen LogP contribution in [0.1, 0.15) is 18.4 Å². The Labute approximate surface area is 293 Å². The van der Waals surface area contributed by atoms with Gasteiger partial charge >= 0.3 is 42.6 Å². The summed E-state index contributed by atoms with van der Waals surface area (Å²) in [4.78, 5) is 37.6. The highest BCUT2D eigenvalue weighted by Gasteiger charge is 2.39. The number of benzene rings is 1. The third-order valence-electron chi connectivity index (χ3n) is 5.31. The van der Waals surface area contributed by atoms with Crippen LogP contribution in [0.15, 0.2) is 18.2 Å². The standard InChI is InChI=1S/C18H35ClN5.4C2HF3O2/c1-23(11-8-19)18-7-6-16(15-21)14-17(18)22-10-5-13-24(2,3)12-4-9-20;4*3-2(4,5)1(6)7/h6-7,14,22H,4-5,8-13,15,20-21H2,1-3H3;4*(H,6,7)/q+1;;;;/p-1. The van der Waals surface area contributed by atoms with E-state index in [4.69, 9.17) is 62.7 Å². The monoisotopic (exact) mass is 811 g/mol. The summed E-state index contributed by atoms with van der Waals surface area (Å²) in [7, 11) is 6.60. The van der Waals surface area contributed by atoms with Gasteiger partial charge in [-0.1, -0.05) is 6.07 Å². The zero-order chi connectivity index (χ0) is 42.3. The van der Waals surface area contributed by atoms with Crippen molar-refractivity contribution in [2.45, 2.75) is 44.1 Å². The van der Waals surface area contributed by atoms with E-state index < -0.39 is 48.6 Å². The first kappa shape index (κ1) is 54.8. The highest BCUT2D eigenvalue weighted by atomic mass is 35.5. The van der Waals surface area contributed by atoms with E-state index in [0.29, 0.717) is 12.4 Å². The molecule has 306 valence electrons. The van der Waals surface area contributed by atoms with E-state index in [-0.39, 0.29) is 0 Å². The van der Waals surface area contributed by atoms with Gasteiger partial charge in [0.1, 0.15) is 5.97 Å². The SMILES string of the molecule is CN(CCCl)c1ccc(CN)cc1NCCC[N+](C)(C)CCCN.O=C(O)C(F)(F)F.O=C(O)C(F)(F)F.O=C(O)C(F)(F)F.O=C([O-])C(F)(F)F. The number of alkyl halides is 13. The number of carboxylic acids is 4. The average molecular weight is 812 g/mol. The van der Waals surface area contributed by atoms with E-state index in [9.17, 15) is 52.7 Å². The molecule has 0 aromatic heterocycles. The molecular weight excluding hydrogens is 774 g/mol. The van der Waals surface area contributed by atoms with Crippen molar-refractivity contribution in [3.05, 3.63) is 23.8 Å². The van der Waals surface area contributed by atoms with Crippen LogP contribution in [0.5, 0.6) is 0 Å². The number of carbonyl (C=O) groups excluding carboxylic acids is 1. The van der Waals surface area contributed by atoms with E-state index in [1.807, 2.05) is 0 Å². The van der Waals surface area contributed by atoms with Gasteiger partial charge in [-0.05, 0) is 24.2 Å². The van der Waals surface area contributed by atoms with E-state index in [1.54, 1.807) is 0 Å². The molecule has 0 radical (unpaired) electrons. The van der Waals surface area contributed by atoms with Gasteiger partial charge in [-0.15, -0.1) is 11.6 Å². The van der Waals surface area contributed by atoms with E-state index in [0.717, 1.165) is 61.3 Å². The summed E-state index contributed by atoms with van der Waals surface area (Å²) >= 11 is 5.88. The number of carbonyl (C=O) groups is 4. The van der Waals surface area contributed by atoms with Crippen LogP contribution in [0.2, 0.25) is 0 Å². The molecule has 0 atom stereocenters. The number of nitrogens with zero attached hydrogens (tertiary/aromatic N) is 2. The van der Waals surface area contributed by atoms with Gasteiger partial charge in [-0.2, -0.15) is 52.7 Å². The number of hydrogen-bond donors (Lipinski definition) is 6. The van der Waals surface area contributed by atoms with Gasteiger partial charge in [0.2, 0.25) is 0 Å². The fraction of sp³-hybridized carbons (Fsp3) is 0.615. The Bertz CT molecular complexity index is 1120. The molecule has 1 aromatic carbocycles. The third-order valence-corrected chi connectivity index (χ3v) is 5.48. The number of carboxylic acid groups (broad SMARTS) is 4. The van der Waals surface area contributed by atoms with Crippen LogP contribution >= 0.6 is 11.6 Å². The average Bonchev–Trinajstić information content (AvgIpc) is 2.97. The number of hydrogen-bond acceptors (Lipinski definition) is 9. The Kier molecular flexibility index (Phi) is 26.4. The molecule has 26 heteroatoms. The minimum absolute atomic E-state index is 0.553. The fourth-order valence-electron chi connectivity index (χ4n) is 2.79. The molecule has 0 aliphatic heterocycles. The van der Waals surface area contributed by atoms with E-state index in [1.165, 1.54) is 5.69 Å². The maximum Gasteiger partial charge on any atom is 0.490 e. The fourth-order valence-corrected chi connectivity index (χ4v) is 3.05. The smallest absolute Gasteiger partial charge is 0.490 e. The number of nitrogens with two attached hydrogens (primary N) is 2. The molecule has 0 bridgehead atoms. The first-order valence-corrected chi connectivity index (χ1v) is 14.3. The zero-order valence-corrected chi connectivity index (χ0v) is 28.2. The highest BCUT2D eigenvalue weighted by molar-refractivity contribution is 6.18. The molecule has 13 nitrogen and oxygen atoms in total. The Balaban J connectivity index is -0.000000334. The van der Waals surface area contributed by atoms with Crippen molar-refractivity contribution in [1.29, 1.82) is 0 Å². The summed E-state index contributed by atoms with van der Waals surface area (Å²) in [5, 5.41) is 33.7. The molecule has 1 rings (SSSR count). The minimum atomic E-state index is -5.19. The normalized spacial score (nSPS) is 11.4. The quantitative estimate of drug-likeness (QED) is 0.0776.